The summed E-state index contributed by atoms with van der Waals surface area (Å²) >= 11 is 3.36. The Balaban J connectivity index is 1.54. The number of piperazine rings is 1. The van der Waals surface area contributed by atoms with E-state index >= 15 is 0 Å². The lowest BCUT2D eigenvalue weighted by Gasteiger charge is -2.27. The van der Waals surface area contributed by atoms with Crippen LogP contribution in [-0.2, 0) is 4.79 Å². The summed E-state index contributed by atoms with van der Waals surface area (Å²) in [7, 11) is 0. The normalized spacial score (nSPS) is 15.7. The minimum atomic E-state index is -0.0711. The highest BCUT2D eigenvalue weighted by Gasteiger charge is 2.08. The van der Waals surface area contributed by atoms with Crippen LogP contribution in [0.5, 0.6) is 5.75 Å². The van der Waals surface area contributed by atoms with Gasteiger partial charge in [-0.25, -0.2) is 0 Å². The number of hydrogen-bond acceptors (Lipinski definition) is 4. The average Bonchev–Trinajstić information content (AvgIpc) is 2.52. The van der Waals surface area contributed by atoms with Crippen molar-refractivity contribution in [3.8, 4) is 5.75 Å². The van der Waals surface area contributed by atoms with Gasteiger partial charge in [0.05, 0.1) is 0 Å². The van der Waals surface area contributed by atoms with Crippen molar-refractivity contribution in [3.63, 3.8) is 0 Å². The molecular weight excluding hydrogens is 334 g/mol. The van der Waals surface area contributed by atoms with E-state index in [0.29, 0.717) is 12.3 Å². The van der Waals surface area contributed by atoms with Crippen molar-refractivity contribution in [2.24, 2.45) is 0 Å². The molecule has 0 radical (unpaired) electrons. The van der Waals surface area contributed by atoms with Gasteiger partial charge >= 0.3 is 0 Å². The summed E-state index contributed by atoms with van der Waals surface area (Å²) < 4.78 is 6.41. The monoisotopic (exact) mass is 355 g/mol. The maximum Gasteiger partial charge on any atom is 0.257 e. The Morgan fingerprint density at radius 3 is 2.71 bits per heavy atom. The number of benzene rings is 1. The topological polar surface area (TPSA) is 53.6 Å². The summed E-state index contributed by atoms with van der Waals surface area (Å²) in [4.78, 5) is 14.1. The Hall–Kier alpha value is -1.11. The molecule has 0 aliphatic carbocycles. The minimum absolute atomic E-state index is 0.0647. The molecule has 2 rings (SSSR count). The van der Waals surface area contributed by atoms with Crippen LogP contribution < -0.4 is 15.4 Å². The number of carbonyl (C=O) groups is 1. The molecule has 0 atom stereocenters. The van der Waals surface area contributed by atoms with Gasteiger partial charge in [0.25, 0.3) is 5.91 Å². The standard InChI is InChI=1S/C15H22BrN3O2/c16-13-2-4-14(5-3-13)21-12-15(20)18-6-1-9-19-10-7-17-8-11-19/h2-5,17H,1,6-12H2,(H,18,20). The van der Waals surface area contributed by atoms with Crippen LogP contribution in [0, 0.1) is 0 Å². The van der Waals surface area contributed by atoms with Gasteiger partial charge in [-0.3, -0.25) is 4.79 Å². The van der Waals surface area contributed by atoms with Gasteiger partial charge in [-0.2, -0.15) is 0 Å². The first kappa shape index (κ1) is 16.3. The number of rotatable bonds is 7. The second-order valence-electron chi connectivity index (χ2n) is 5.04. The zero-order valence-corrected chi connectivity index (χ0v) is 13.7. The Kier molecular flexibility index (Phi) is 6.99. The number of amides is 1. The number of halogens is 1. The molecule has 6 heteroatoms. The van der Waals surface area contributed by atoms with Gasteiger partial charge in [0, 0.05) is 37.2 Å². The van der Waals surface area contributed by atoms with Crippen LogP contribution in [0.15, 0.2) is 28.7 Å². The van der Waals surface area contributed by atoms with Crippen molar-refractivity contribution in [1.82, 2.24) is 15.5 Å². The Labute approximate surface area is 134 Å². The van der Waals surface area contributed by atoms with Crippen molar-refractivity contribution in [2.75, 3.05) is 45.9 Å². The summed E-state index contributed by atoms with van der Waals surface area (Å²) in [5, 5.41) is 6.22. The maximum atomic E-state index is 11.7. The molecule has 1 heterocycles. The van der Waals surface area contributed by atoms with E-state index in [9.17, 15) is 4.79 Å². The number of ether oxygens (including phenoxy) is 1. The quantitative estimate of drug-likeness (QED) is 0.722. The van der Waals surface area contributed by atoms with Crippen molar-refractivity contribution >= 4 is 21.8 Å². The first-order chi connectivity index (χ1) is 10.2. The van der Waals surface area contributed by atoms with E-state index in [0.717, 1.165) is 43.6 Å². The number of nitrogens with one attached hydrogen (secondary N) is 2. The molecule has 0 saturated carbocycles. The molecule has 1 fully saturated rings. The van der Waals surface area contributed by atoms with Crippen LogP contribution in [0.3, 0.4) is 0 Å². The van der Waals surface area contributed by atoms with Crippen LogP contribution >= 0.6 is 15.9 Å². The Bertz CT molecular complexity index is 433. The predicted molar refractivity (Wildman–Crippen MR) is 86.6 cm³/mol. The Morgan fingerprint density at radius 1 is 1.29 bits per heavy atom. The second kappa shape index (κ2) is 9.02. The highest BCUT2D eigenvalue weighted by Crippen LogP contribution is 2.15. The predicted octanol–water partition coefficient (Wildman–Crippen LogP) is 1.24. The summed E-state index contributed by atoms with van der Waals surface area (Å²) in [5.74, 6) is 0.632. The molecule has 1 amide bonds. The van der Waals surface area contributed by atoms with Crippen molar-refractivity contribution < 1.29 is 9.53 Å². The van der Waals surface area contributed by atoms with E-state index < -0.39 is 0 Å². The first-order valence-corrected chi connectivity index (χ1v) is 8.11. The maximum absolute atomic E-state index is 11.7. The number of hydrogen-bond donors (Lipinski definition) is 2. The van der Waals surface area contributed by atoms with Gasteiger partial charge in [0.1, 0.15) is 5.75 Å². The van der Waals surface area contributed by atoms with E-state index in [2.05, 4.69) is 31.5 Å². The molecule has 0 spiro atoms. The molecule has 1 aliphatic heterocycles. The van der Waals surface area contributed by atoms with E-state index in [1.165, 1.54) is 0 Å². The van der Waals surface area contributed by atoms with Gasteiger partial charge in [-0.05, 0) is 37.2 Å². The lowest BCUT2D eigenvalue weighted by molar-refractivity contribution is -0.123. The van der Waals surface area contributed by atoms with Crippen LogP contribution in [0.4, 0.5) is 0 Å². The van der Waals surface area contributed by atoms with Crippen LogP contribution in [0.1, 0.15) is 6.42 Å². The molecule has 21 heavy (non-hydrogen) atoms. The van der Waals surface area contributed by atoms with Crippen LogP contribution in [0.25, 0.3) is 0 Å². The third-order valence-electron chi connectivity index (χ3n) is 3.37. The van der Waals surface area contributed by atoms with E-state index in [4.69, 9.17) is 4.74 Å². The lowest BCUT2D eigenvalue weighted by atomic mass is 10.3. The molecule has 2 N–H and O–H groups in total. The molecule has 1 aromatic rings. The highest BCUT2D eigenvalue weighted by atomic mass is 79.9. The van der Waals surface area contributed by atoms with E-state index in [1.807, 2.05) is 24.3 Å². The van der Waals surface area contributed by atoms with Crippen molar-refractivity contribution in [2.45, 2.75) is 6.42 Å². The lowest BCUT2D eigenvalue weighted by Crippen LogP contribution is -2.44. The van der Waals surface area contributed by atoms with Crippen LogP contribution in [-0.4, -0.2) is 56.7 Å². The zero-order chi connectivity index (χ0) is 14.9. The van der Waals surface area contributed by atoms with E-state index in [-0.39, 0.29) is 12.5 Å². The second-order valence-corrected chi connectivity index (χ2v) is 5.95. The van der Waals surface area contributed by atoms with Crippen LogP contribution in [0.2, 0.25) is 0 Å². The first-order valence-electron chi connectivity index (χ1n) is 7.32. The molecule has 1 aliphatic rings. The molecule has 116 valence electrons. The van der Waals surface area contributed by atoms with Gasteiger partial charge in [-0.15, -0.1) is 0 Å². The van der Waals surface area contributed by atoms with Gasteiger partial charge in [0.2, 0.25) is 0 Å². The largest absolute Gasteiger partial charge is 0.484 e. The molecule has 0 aromatic heterocycles. The zero-order valence-electron chi connectivity index (χ0n) is 12.1. The average molecular weight is 356 g/mol. The summed E-state index contributed by atoms with van der Waals surface area (Å²) in [6.07, 6.45) is 0.976. The molecule has 0 unspecified atom stereocenters. The third kappa shape index (κ3) is 6.46. The highest BCUT2D eigenvalue weighted by molar-refractivity contribution is 9.10. The minimum Gasteiger partial charge on any atom is -0.484 e. The smallest absolute Gasteiger partial charge is 0.257 e. The molecular formula is C15H22BrN3O2. The third-order valence-corrected chi connectivity index (χ3v) is 3.90. The van der Waals surface area contributed by atoms with Gasteiger partial charge < -0.3 is 20.3 Å². The molecule has 0 bridgehead atoms. The summed E-state index contributed by atoms with van der Waals surface area (Å²) in [6, 6.07) is 7.45. The fourth-order valence-corrected chi connectivity index (χ4v) is 2.46. The SMILES string of the molecule is O=C(COc1ccc(Br)cc1)NCCCN1CCNCC1. The fourth-order valence-electron chi connectivity index (χ4n) is 2.20. The van der Waals surface area contributed by atoms with Gasteiger partial charge in [0.15, 0.2) is 6.61 Å². The van der Waals surface area contributed by atoms with E-state index in [1.54, 1.807) is 0 Å². The molecule has 1 saturated heterocycles. The summed E-state index contributed by atoms with van der Waals surface area (Å²) in [6.45, 7) is 6.12. The van der Waals surface area contributed by atoms with Crippen molar-refractivity contribution in [3.05, 3.63) is 28.7 Å². The number of nitrogens with zero attached hydrogens (tertiary/aromatic N) is 1. The molecule has 1 aromatic carbocycles. The fraction of sp³-hybridized carbons (Fsp3) is 0.533. The number of carbonyl (C=O) groups excluding carboxylic acids is 1. The Morgan fingerprint density at radius 2 is 2.00 bits per heavy atom. The molecule has 5 nitrogen and oxygen atoms in total. The van der Waals surface area contributed by atoms with Crippen molar-refractivity contribution in [1.29, 1.82) is 0 Å². The summed E-state index contributed by atoms with van der Waals surface area (Å²) in [5.41, 5.74) is 0. The van der Waals surface area contributed by atoms with Gasteiger partial charge in [-0.1, -0.05) is 15.9 Å².